The van der Waals surface area contributed by atoms with Crippen LogP contribution in [0, 0.1) is 11.3 Å². The van der Waals surface area contributed by atoms with Crippen molar-refractivity contribution in [2.75, 3.05) is 19.6 Å². The molecule has 1 aliphatic carbocycles. The van der Waals surface area contributed by atoms with Crippen LogP contribution in [0.25, 0.3) is 0 Å². The molecule has 124 valence electrons. The van der Waals surface area contributed by atoms with E-state index in [1.54, 1.807) is 0 Å². The zero-order chi connectivity index (χ0) is 15.3. The third-order valence-electron chi connectivity index (χ3n) is 6.03. The molecule has 0 aromatic rings. The van der Waals surface area contributed by atoms with Crippen LogP contribution in [0.15, 0.2) is 0 Å². The van der Waals surface area contributed by atoms with Crippen LogP contribution in [0.3, 0.4) is 0 Å². The normalized spacial score (nSPS) is 34.0. The van der Waals surface area contributed by atoms with Crippen LogP contribution in [-0.2, 0) is 0 Å². The Bertz CT molecular complexity index is 300. The molecule has 0 spiro atoms. The fourth-order valence-corrected chi connectivity index (χ4v) is 4.70. The molecule has 21 heavy (non-hydrogen) atoms. The molecule has 0 radical (unpaired) electrons. The van der Waals surface area contributed by atoms with Crippen LogP contribution in [0.1, 0.15) is 79.1 Å². The highest BCUT2D eigenvalue weighted by Crippen LogP contribution is 2.42. The molecular weight excluding hydrogens is 256 g/mol. The first-order valence-electron chi connectivity index (χ1n) is 9.56. The van der Waals surface area contributed by atoms with Gasteiger partial charge in [0.2, 0.25) is 0 Å². The largest absolute Gasteiger partial charge is 0.313 e. The summed E-state index contributed by atoms with van der Waals surface area (Å²) in [7, 11) is 0. The van der Waals surface area contributed by atoms with E-state index in [0.717, 1.165) is 18.0 Å². The lowest BCUT2D eigenvalue weighted by molar-refractivity contribution is 0.141. The van der Waals surface area contributed by atoms with E-state index in [-0.39, 0.29) is 0 Å². The molecule has 2 nitrogen and oxygen atoms in total. The van der Waals surface area contributed by atoms with Crippen molar-refractivity contribution in [1.29, 1.82) is 0 Å². The first kappa shape index (κ1) is 17.3. The van der Waals surface area contributed by atoms with Crippen molar-refractivity contribution in [3.63, 3.8) is 0 Å². The fourth-order valence-electron chi connectivity index (χ4n) is 4.70. The number of hydrogen-bond acceptors (Lipinski definition) is 2. The molecule has 0 bridgehead atoms. The summed E-state index contributed by atoms with van der Waals surface area (Å²) < 4.78 is 0. The molecule has 1 N–H and O–H groups in total. The molecule has 1 saturated carbocycles. The second-order valence-corrected chi connectivity index (χ2v) is 8.13. The van der Waals surface area contributed by atoms with Gasteiger partial charge in [-0.3, -0.25) is 0 Å². The molecule has 2 aliphatic rings. The molecule has 1 aliphatic heterocycles. The van der Waals surface area contributed by atoms with E-state index in [1.807, 2.05) is 0 Å². The summed E-state index contributed by atoms with van der Waals surface area (Å²) in [6.07, 6.45) is 11.1. The van der Waals surface area contributed by atoms with E-state index in [0.29, 0.717) is 5.41 Å². The van der Waals surface area contributed by atoms with Crippen LogP contribution < -0.4 is 5.32 Å². The lowest BCUT2D eigenvalue weighted by Crippen LogP contribution is -2.47. The third-order valence-corrected chi connectivity index (χ3v) is 6.03. The predicted molar refractivity (Wildman–Crippen MR) is 92.7 cm³/mol. The summed E-state index contributed by atoms with van der Waals surface area (Å²) in [5.74, 6) is 0.860. The van der Waals surface area contributed by atoms with Gasteiger partial charge in [0.25, 0.3) is 0 Å². The fraction of sp³-hybridized carbons (Fsp3) is 1.00. The maximum Gasteiger partial charge on any atom is 0.0159 e. The van der Waals surface area contributed by atoms with Gasteiger partial charge in [0.05, 0.1) is 0 Å². The molecule has 2 heteroatoms. The van der Waals surface area contributed by atoms with Crippen molar-refractivity contribution in [2.45, 2.75) is 91.1 Å². The maximum absolute atomic E-state index is 3.88. The number of rotatable bonds is 6. The molecule has 0 aromatic carbocycles. The smallest absolute Gasteiger partial charge is 0.0159 e. The lowest BCUT2D eigenvalue weighted by Gasteiger charge is -2.37. The van der Waals surface area contributed by atoms with E-state index >= 15 is 0 Å². The predicted octanol–water partition coefficient (Wildman–Crippen LogP) is 4.45. The van der Waals surface area contributed by atoms with Crippen LogP contribution in [0.4, 0.5) is 0 Å². The standard InChI is InChI=1S/C19H38N2/c1-5-13-20-18-16(11-12-19(18,3)4)15-21-14-9-7-8-10-17(21)6-2/h16-18,20H,5-15H2,1-4H3. The Morgan fingerprint density at radius 2 is 1.90 bits per heavy atom. The van der Waals surface area contributed by atoms with Gasteiger partial charge in [-0.05, 0) is 62.9 Å². The zero-order valence-corrected chi connectivity index (χ0v) is 15.0. The van der Waals surface area contributed by atoms with Crippen molar-refractivity contribution in [3.05, 3.63) is 0 Å². The van der Waals surface area contributed by atoms with Gasteiger partial charge in [-0.2, -0.15) is 0 Å². The number of nitrogens with one attached hydrogen (secondary N) is 1. The van der Waals surface area contributed by atoms with Crippen molar-refractivity contribution >= 4 is 0 Å². The molecule has 3 unspecified atom stereocenters. The molecule has 1 heterocycles. The van der Waals surface area contributed by atoms with Gasteiger partial charge >= 0.3 is 0 Å². The Hall–Kier alpha value is -0.0800. The van der Waals surface area contributed by atoms with Crippen molar-refractivity contribution in [3.8, 4) is 0 Å². The summed E-state index contributed by atoms with van der Waals surface area (Å²) >= 11 is 0. The summed E-state index contributed by atoms with van der Waals surface area (Å²) in [5.41, 5.74) is 0.480. The highest BCUT2D eigenvalue weighted by molar-refractivity contribution is 4.97. The Balaban J connectivity index is 1.98. The SMILES string of the molecule is CCCNC1C(CN2CCCCCC2CC)CCC1(C)C. The van der Waals surface area contributed by atoms with Gasteiger partial charge in [-0.25, -0.2) is 0 Å². The maximum atomic E-state index is 3.88. The topological polar surface area (TPSA) is 15.3 Å². The average molecular weight is 295 g/mol. The molecule has 1 saturated heterocycles. The van der Waals surface area contributed by atoms with E-state index < -0.39 is 0 Å². The zero-order valence-electron chi connectivity index (χ0n) is 15.0. The van der Waals surface area contributed by atoms with Gasteiger partial charge < -0.3 is 10.2 Å². The Morgan fingerprint density at radius 3 is 2.62 bits per heavy atom. The van der Waals surface area contributed by atoms with Crippen LogP contribution in [0.2, 0.25) is 0 Å². The second kappa shape index (κ2) is 7.97. The Morgan fingerprint density at radius 1 is 1.10 bits per heavy atom. The molecular formula is C19H38N2. The van der Waals surface area contributed by atoms with E-state index in [4.69, 9.17) is 0 Å². The Labute approximate surface area is 133 Å². The first-order valence-corrected chi connectivity index (χ1v) is 9.56. The average Bonchev–Trinajstić information content (AvgIpc) is 2.64. The van der Waals surface area contributed by atoms with Crippen LogP contribution in [-0.4, -0.2) is 36.6 Å². The summed E-state index contributed by atoms with van der Waals surface area (Å²) in [6.45, 7) is 13.5. The third kappa shape index (κ3) is 4.45. The number of likely N-dealkylation sites (tertiary alicyclic amines) is 1. The van der Waals surface area contributed by atoms with Crippen molar-refractivity contribution < 1.29 is 0 Å². The molecule has 2 fully saturated rings. The minimum absolute atomic E-state index is 0.480. The van der Waals surface area contributed by atoms with Gasteiger partial charge in [0, 0.05) is 18.6 Å². The van der Waals surface area contributed by atoms with Gasteiger partial charge in [-0.15, -0.1) is 0 Å². The minimum Gasteiger partial charge on any atom is -0.313 e. The molecule has 2 rings (SSSR count). The van der Waals surface area contributed by atoms with E-state index in [9.17, 15) is 0 Å². The van der Waals surface area contributed by atoms with Gasteiger partial charge in [0.15, 0.2) is 0 Å². The van der Waals surface area contributed by atoms with Gasteiger partial charge in [-0.1, -0.05) is 40.5 Å². The number of nitrogens with zero attached hydrogens (tertiary/aromatic N) is 1. The van der Waals surface area contributed by atoms with Crippen molar-refractivity contribution in [2.24, 2.45) is 11.3 Å². The summed E-state index contributed by atoms with van der Waals surface area (Å²) in [6, 6.07) is 1.57. The van der Waals surface area contributed by atoms with E-state index in [1.165, 1.54) is 71.0 Å². The van der Waals surface area contributed by atoms with Crippen LogP contribution in [0.5, 0.6) is 0 Å². The monoisotopic (exact) mass is 294 g/mol. The highest BCUT2D eigenvalue weighted by Gasteiger charge is 2.42. The minimum atomic E-state index is 0.480. The molecule has 3 atom stereocenters. The number of hydrogen-bond donors (Lipinski definition) is 1. The summed E-state index contributed by atoms with van der Waals surface area (Å²) in [5, 5.41) is 3.88. The van der Waals surface area contributed by atoms with E-state index in [2.05, 4.69) is 37.9 Å². The summed E-state index contributed by atoms with van der Waals surface area (Å²) in [4.78, 5) is 2.85. The van der Waals surface area contributed by atoms with Crippen LogP contribution >= 0.6 is 0 Å². The highest BCUT2D eigenvalue weighted by atomic mass is 15.2. The first-order chi connectivity index (χ1) is 10.1. The quantitative estimate of drug-likeness (QED) is 0.779. The Kier molecular flexibility index (Phi) is 6.55. The lowest BCUT2D eigenvalue weighted by atomic mass is 9.84. The van der Waals surface area contributed by atoms with Gasteiger partial charge in [0.1, 0.15) is 0 Å². The second-order valence-electron chi connectivity index (χ2n) is 8.13. The molecule has 0 amide bonds. The molecule has 0 aromatic heterocycles. The van der Waals surface area contributed by atoms with Crippen molar-refractivity contribution in [1.82, 2.24) is 10.2 Å².